The van der Waals surface area contributed by atoms with Crippen LogP contribution in [-0.4, -0.2) is 43.3 Å². The van der Waals surface area contributed by atoms with E-state index in [-0.39, 0.29) is 0 Å². The fourth-order valence-corrected chi connectivity index (χ4v) is 19.1. The van der Waals surface area contributed by atoms with Crippen molar-refractivity contribution >= 4 is 30.4 Å². The molecule has 0 saturated heterocycles. The minimum atomic E-state index is -2.26. The minimum Gasteiger partial charge on any atom is -0.436 e. The summed E-state index contributed by atoms with van der Waals surface area (Å²) in [4.78, 5) is 0. The third-order valence-corrected chi connectivity index (χ3v) is 18.2. The van der Waals surface area contributed by atoms with Crippen LogP contribution in [0.1, 0.15) is 17.5 Å². The van der Waals surface area contributed by atoms with E-state index >= 15 is 0 Å². The van der Waals surface area contributed by atoms with Crippen molar-refractivity contribution in [1.29, 1.82) is 0 Å². The van der Waals surface area contributed by atoms with E-state index in [1.807, 2.05) is 0 Å². The normalized spacial score (nSPS) is 13.1. The molecule has 0 aliphatic rings. The van der Waals surface area contributed by atoms with E-state index in [1.165, 1.54) is 22.7 Å². The molecule has 3 nitrogen and oxygen atoms in total. The fourth-order valence-electron chi connectivity index (χ4n) is 5.40. The van der Waals surface area contributed by atoms with Crippen LogP contribution in [0.2, 0.25) is 45.3 Å². The first-order chi connectivity index (χ1) is 16.9. The highest BCUT2D eigenvalue weighted by Crippen LogP contribution is 2.26. The number of nitrogens with zero attached hydrogens (tertiary/aromatic N) is 1. The van der Waals surface area contributed by atoms with Gasteiger partial charge in [-0.2, -0.15) is 0 Å². The van der Waals surface area contributed by atoms with E-state index in [9.17, 15) is 0 Å². The molecule has 0 spiro atoms. The first-order valence-corrected chi connectivity index (χ1v) is 22.1. The number of hydrogen-bond acceptors (Lipinski definition) is 2. The van der Waals surface area contributed by atoms with Crippen molar-refractivity contribution < 1.29 is 12.7 Å². The van der Waals surface area contributed by atoms with Gasteiger partial charge in [0, 0.05) is 11.1 Å². The average molecular weight is 537 g/mol. The summed E-state index contributed by atoms with van der Waals surface area (Å²) in [6.07, 6.45) is 1.17. The number of benzene rings is 3. The lowest BCUT2D eigenvalue weighted by Gasteiger charge is -2.39. The largest absolute Gasteiger partial charge is 0.436 e. The second-order valence-electron chi connectivity index (χ2n) is 12.0. The van der Waals surface area contributed by atoms with Crippen molar-refractivity contribution in [1.82, 2.24) is 0 Å². The van der Waals surface area contributed by atoms with Gasteiger partial charge in [-0.05, 0) is 56.9 Å². The molecule has 6 heteroatoms. The molecule has 0 atom stereocenters. The van der Waals surface area contributed by atoms with E-state index in [4.69, 9.17) is 8.23 Å². The van der Waals surface area contributed by atoms with Crippen molar-refractivity contribution in [2.75, 3.05) is 13.6 Å². The van der Waals surface area contributed by atoms with Crippen LogP contribution in [0.15, 0.2) is 91.0 Å². The molecule has 0 heterocycles. The summed E-state index contributed by atoms with van der Waals surface area (Å²) in [5.41, 5.74) is 2.80. The van der Waals surface area contributed by atoms with E-state index in [0.29, 0.717) is 0 Å². The molecule has 0 aliphatic carbocycles. The molecule has 3 rings (SSSR count). The van der Waals surface area contributed by atoms with Gasteiger partial charge in [-0.15, -0.1) is 0 Å². The molecular weight excluding hydrogens is 491 g/mol. The molecular formula is C30H46NO2Si3+. The Kier molecular flexibility index (Phi) is 9.71. The van der Waals surface area contributed by atoms with Crippen LogP contribution in [-0.2, 0) is 21.3 Å². The van der Waals surface area contributed by atoms with Gasteiger partial charge in [-0.25, -0.2) is 0 Å². The Morgan fingerprint density at radius 3 is 1.53 bits per heavy atom. The lowest BCUT2D eigenvalue weighted by Crippen LogP contribution is -2.57. The Hall–Kier alpha value is -1.81. The Morgan fingerprint density at radius 2 is 1.06 bits per heavy atom. The topological polar surface area (TPSA) is 18.5 Å². The van der Waals surface area contributed by atoms with Gasteiger partial charge >= 0.3 is 8.56 Å². The summed E-state index contributed by atoms with van der Waals surface area (Å²) in [5, 5.41) is 1.34. The second-order valence-corrected chi connectivity index (χ2v) is 24.0. The quantitative estimate of drug-likeness (QED) is 0.169. The lowest BCUT2D eigenvalue weighted by atomic mass is 10.1. The molecule has 0 radical (unpaired) electrons. The summed E-state index contributed by atoms with van der Waals surface area (Å²) in [5.74, 6) is 0. The van der Waals surface area contributed by atoms with Crippen molar-refractivity contribution in [2.24, 2.45) is 0 Å². The minimum absolute atomic E-state index is 1.00. The van der Waals surface area contributed by atoms with Crippen molar-refractivity contribution in [3.63, 3.8) is 0 Å². The molecule has 0 amide bonds. The Labute approximate surface area is 223 Å². The molecule has 0 bridgehead atoms. The van der Waals surface area contributed by atoms with Gasteiger partial charge in [0.15, 0.2) is 8.32 Å². The maximum absolute atomic E-state index is 6.92. The predicted octanol–water partition coefficient (Wildman–Crippen LogP) is 7.28. The van der Waals surface area contributed by atoms with Gasteiger partial charge in [0.1, 0.15) is 13.1 Å². The molecule has 0 unspecified atom stereocenters. The van der Waals surface area contributed by atoms with Gasteiger partial charge in [0.05, 0.1) is 13.6 Å². The van der Waals surface area contributed by atoms with Crippen LogP contribution in [0.4, 0.5) is 0 Å². The molecule has 0 fully saturated rings. The van der Waals surface area contributed by atoms with Crippen LogP contribution < -0.4 is 5.19 Å². The van der Waals surface area contributed by atoms with Gasteiger partial charge in [0.25, 0.3) is 0 Å². The number of quaternary nitrogens is 1. The molecule has 36 heavy (non-hydrogen) atoms. The van der Waals surface area contributed by atoms with E-state index in [2.05, 4.69) is 137 Å². The summed E-state index contributed by atoms with van der Waals surface area (Å²) in [6, 6.07) is 33.7. The van der Waals surface area contributed by atoms with Crippen molar-refractivity contribution in [2.45, 2.75) is 64.8 Å². The zero-order valence-corrected chi connectivity index (χ0v) is 26.5. The highest BCUT2D eigenvalue weighted by molar-refractivity contribution is 6.93. The third kappa shape index (κ3) is 9.25. The van der Waals surface area contributed by atoms with Crippen LogP contribution in [0.25, 0.3) is 0 Å². The fraction of sp³-hybridized carbons (Fsp3) is 0.400. The molecule has 0 saturated carbocycles. The Bertz CT molecular complexity index is 1020. The molecule has 0 N–H and O–H groups in total. The zero-order chi connectivity index (χ0) is 26.3. The Balaban J connectivity index is 1.63. The van der Waals surface area contributed by atoms with Crippen molar-refractivity contribution in [3.05, 3.63) is 102 Å². The molecule has 0 aliphatic heterocycles. The summed E-state index contributed by atoms with van der Waals surface area (Å²) in [6.45, 7) is 17.0. The van der Waals surface area contributed by atoms with Crippen molar-refractivity contribution in [3.8, 4) is 0 Å². The predicted molar refractivity (Wildman–Crippen MR) is 161 cm³/mol. The first kappa shape index (κ1) is 28.8. The highest BCUT2D eigenvalue weighted by Gasteiger charge is 2.40. The number of hydrogen-bond donors (Lipinski definition) is 0. The maximum atomic E-state index is 6.92. The highest BCUT2D eigenvalue weighted by atomic mass is 28.5. The second kappa shape index (κ2) is 12.2. The van der Waals surface area contributed by atoms with E-state index in [1.54, 1.807) is 0 Å². The van der Waals surface area contributed by atoms with Gasteiger partial charge in [0.2, 0.25) is 8.32 Å². The van der Waals surface area contributed by atoms with Gasteiger partial charge in [-0.3, -0.25) is 0 Å². The molecule has 3 aromatic carbocycles. The average Bonchev–Trinajstić information content (AvgIpc) is 2.79. The molecule has 194 valence electrons. The van der Waals surface area contributed by atoms with Crippen LogP contribution in [0.5, 0.6) is 0 Å². The first-order valence-electron chi connectivity index (χ1n) is 13.3. The summed E-state index contributed by atoms with van der Waals surface area (Å²) in [7, 11) is -3.73. The SMILES string of the molecule is C[N+](CCC[Si](C)(C)O[Si](C)(C)O[Si](C)(C)c1ccccc1)(Cc1ccccc1)Cc1ccccc1. The third-order valence-electron chi connectivity index (χ3n) is 6.78. The van der Waals surface area contributed by atoms with Gasteiger partial charge < -0.3 is 12.7 Å². The monoisotopic (exact) mass is 536 g/mol. The molecule has 0 aromatic heterocycles. The van der Waals surface area contributed by atoms with Gasteiger partial charge in [-0.1, -0.05) is 91.0 Å². The molecule has 3 aromatic rings. The zero-order valence-electron chi connectivity index (χ0n) is 23.5. The van der Waals surface area contributed by atoms with E-state index < -0.39 is 25.2 Å². The Morgan fingerprint density at radius 1 is 0.611 bits per heavy atom. The summed E-state index contributed by atoms with van der Waals surface area (Å²) >= 11 is 0. The van der Waals surface area contributed by atoms with Crippen LogP contribution in [0.3, 0.4) is 0 Å². The summed E-state index contributed by atoms with van der Waals surface area (Å²) < 4.78 is 14.8. The number of rotatable bonds is 13. The smallest absolute Gasteiger partial charge is 0.311 e. The van der Waals surface area contributed by atoms with Crippen LogP contribution in [0, 0.1) is 0 Å². The van der Waals surface area contributed by atoms with E-state index in [0.717, 1.165) is 30.2 Å². The lowest BCUT2D eigenvalue weighted by molar-refractivity contribution is -0.935. The standard InChI is InChI=1S/C30H46NO2Si3/c1-31(26-28-18-11-8-12-19-28,27-29-20-13-9-14-21-29)24-17-25-34(2,3)32-36(6,7)33-35(4,5)30-22-15-10-16-23-30/h8-16,18-23H,17,24-27H2,1-7H3/q+1. The maximum Gasteiger partial charge on any atom is 0.311 e. The van der Waals surface area contributed by atoms with Crippen LogP contribution >= 0.6 is 0 Å².